The van der Waals surface area contributed by atoms with Crippen molar-refractivity contribution in [2.75, 3.05) is 7.11 Å². The molecule has 1 aromatic rings. The zero-order chi connectivity index (χ0) is 14.8. The standard InChI is InChI=1S/C11H13Cl2NO4S/c1-11(2,10(15)18-3)14-19(16,17)7-4-5-8(12)9(13)6-7/h4-6,14H,1-3H3. The van der Waals surface area contributed by atoms with Crippen LogP contribution in [-0.4, -0.2) is 27.0 Å². The normalized spacial score (nSPS) is 12.3. The maximum Gasteiger partial charge on any atom is 0.326 e. The number of ether oxygens (including phenoxy) is 1. The monoisotopic (exact) mass is 325 g/mol. The highest BCUT2D eigenvalue weighted by Crippen LogP contribution is 2.25. The highest BCUT2D eigenvalue weighted by Gasteiger charge is 2.34. The van der Waals surface area contributed by atoms with Crippen molar-refractivity contribution in [3.63, 3.8) is 0 Å². The molecular weight excluding hydrogens is 313 g/mol. The Morgan fingerprint density at radius 2 is 1.84 bits per heavy atom. The largest absolute Gasteiger partial charge is 0.468 e. The number of nitrogens with one attached hydrogen (secondary N) is 1. The molecule has 0 aliphatic rings. The summed E-state index contributed by atoms with van der Waals surface area (Å²) in [6.45, 7) is 2.79. The van der Waals surface area contributed by atoms with Crippen molar-refractivity contribution in [3.8, 4) is 0 Å². The molecule has 0 fully saturated rings. The van der Waals surface area contributed by atoms with Crippen LogP contribution in [0.4, 0.5) is 0 Å². The predicted molar refractivity (Wildman–Crippen MR) is 72.9 cm³/mol. The van der Waals surface area contributed by atoms with E-state index in [1.165, 1.54) is 39.2 Å². The number of benzene rings is 1. The third-order valence-electron chi connectivity index (χ3n) is 2.29. The van der Waals surface area contributed by atoms with Crippen molar-refractivity contribution in [3.05, 3.63) is 28.2 Å². The van der Waals surface area contributed by atoms with Crippen LogP contribution in [0.3, 0.4) is 0 Å². The maximum absolute atomic E-state index is 12.1. The van der Waals surface area contributed by atoms with Crippen LogP contribution in [0.25, 0.3) is 0 Å². The SMILES string of the molecule is COC(=O)C(C)(C)NS(=O)(=O)c1ccc(Cl)c(Cl)c1. The van der Waals surface area contributed by atoms with Crippen molar-refractivity contribution in [2.45, 2.75) is 24.3 Å². The number of sulfonamides is 1. The molecule has 0 aliphatic heterocycles. The summed E-state index contributed by atoms with van der Waals surface area (Å²) < 4.78 is 31.0. The lowest BCUT2D eigenvalue weighted by Gasteiger charge is -2.22. The van der Waals surface area contributed by atoms with E-state index in [-0.39, 0.29) is 14.9 Å². The van der Waals surface area contributed by atoms with Gasteiger partial charge in [-0.25, -0.2) is 8.42 Å². The molecule has 106 valence electrons. The van der Waals surface area contributed by atoms with Crippen molar-refractivity contribution >= 4 is 39.2 Å². The summed E-state index contributed by atoms with van der Waals surface area (Å²) in [6, 6.07) is 3.87. The molecule has 0 saturated carbocycles. The van der Waals surface area contributed by atoms with Crippen LogP contribution >= 0.6 is 23.2 Å². The van der Waals surface area contributed by atoms with Gasteiger partial charge in [0, 0.05) is 0 Å². The Balaban J connectivity index is 3.11. The first-order valence-corrected chi connectivity index (χ1v) is 7.41. The van der Waals surface area contributed by atoms with E-state index in [0.29, 0.717) is 0 Å². The predicted octanol–water partition coefficient (Wildman–Crippen LogP) is 2.22. The Hall–Kier alpha value is -0.820. The third kappa shape index (κ3) is 3.82. The van der Waals surface area contributed by atoms with E-state index in [1.54, 1.807) is 0 Å². The molecular formula is C11H13Cl2NO4S. The van der Waals surface area contributed by atoms with Crippen LogP contribution in [0.5, 0.6) is 0 Å². The van der Waals surface area contributed by atoms with Gasteiger partial charge in [-0.2, -0.15) is 4.72 Å². The van der Waals surface area contributed by atoms with E-state index in [9.17, 15) is 13.2 Å². The summed E-state index contributed by atoms with van der Waals surface area (Å²) in [4.78, 5) is 11.4. The van der Waals surface area contributed by atoms with Crippen molar-refractivity contribution < 1.29 is 17.9 Å². The Morgan fingerprint density at radius 3 is 2.32 bits per heavy atom. The Kier molecular flexibility index (Phi) is 4.84. The molecule has 0 atom stereocenters. The van der Waals surface area contributed by atoms with Gasteiger partial charge in [0.25, 0.3) is 0 Å². The zero-order valence-electron chi connectivity index (χ0n) is 10.5. The van der Waals surface area contributed by atoms with Crippen molar-refractivity contribution in [1.82, 2.24) is 4.72 Å². The molecule has 0 radical (unpaired) electrons. The molecule has 8 heteroatoms. The number of carbonyl (C=O) groups is 1. The summed E-state index contributed by atoms with van der Waals surface area (Å²) in [7, 11) is -2.73. The topological polar surface area (TPSA) is 72.5 Å². The Bertz CT molecular complexity index is 599. The van der Waals surface area contributed by atoms with E-state index in [0.717, 1.165) is 0 Å². The van der Waals surface area contributed by atoms with E-state index in [1.807, 2.05) is 0 Å². The van der Waals surface area contributed by atoms with E-state index in [2.05, 4.69) is 9.46 Å². The fourth-order valence-corrected chi connectivity index (χ4v) is 3.09. The van der Waals surface area contributed by atoms with E-state index in [4.69, 9.17) is 23.2 Å². The Labute approximate surface area is 121 Å². The molecule has 0 aromatic heterocycles. The number of esters is 1. The van der Waals surface area contributed by atoms with Crippen LogP contribution < -0.4 is 4.72 Å². The number of methoxy groups -OCH3 is 1. The van der Waals surface area contributed by atoms with Gasteiger partial charge in [0.05, 0.1) is 22.1 Å². The van der Waals surface area contributed by atoms with Gasteiger partial charge < -0.3 is 4.74 Å². The second-order valence-electron chi connectivity index (χ2n) is 4.30. The van der Waals surface area contributed by atoms with Crippen LogP contribution in [0.1, 0.15) is 13.8 Å². The molecule has 0 saturated heterocycles. The molecule has 0 spiro atoms. The highest BCUT2D eigenvalue weighted by molar-refractivity contribution is 7.89. The summed E-state index contributed by atoms with van der Waals surface area (Å²) in [5.41, 5.74) is -1.39. The first-order valence-electron chi connectivity index (χ1n) is 5.17. The van der Waals surface area contributed by atoms with E-state index < -0.39 is 21.5 Å². The van der Waals surface area contributed by atoms with Crippen LogP contribution in [0.15, 0.2) is 23.1 Å². The first-order chi connectivity index (χ1) is 8.60. The second-order valence-corrected chi connectivity index (χ2v) is 6.79. The van der Waals surface area contributed by atoms with Gasteiger partial charge in [0.15, 0.2) is 0 Å². The molecule has 19 heavy (non-hydrogen) atoms. The molecule has 0 bridgehead atoms. The summed E-state index contributed by atoms with van der Waals surface area (Å²) in [6.07, 6.45) is 0. The maximum atomic E-state index is 12.1. The Morgan fingerprint density at radius 1 is 1.26 bits per heavy atom. The highest BCUT2D eigenvalue weighted by atomic mass is 35.5. The number of carbonyl (C=O) groups excluding carboxylic acids is 1. The van der Waals surface area contributed by atoms with Gasteiger partial charge in [0.2, 0.25) is 10.0 Å². The van der Waals surface area contributed by atoms with Crippen LogP contribution in [-0.2, 0) is 19.6 Å². The van der Waals surface area contributed by atoms with Gasteiger partial charge in [-0.15, -0.1) is 0 Å². The zero-order valence-corrected chi connectivity index (χ0v) is 12.9. The minimum absolute atomic E-state index is 0.0844. The summed E-state index contributed by atoms with van der Waals surface area (Å²) in [5.74, 6) is -0.698. The number of hydrogen-bond donors (Lipinski definition) is 1. The number of halogens is 2. The first kappa shape index (κ1) is 16.2. The molecule has 1 aromatic carbocycles. The van der Waals surface area contributed by atoms with Gasteiger partial charge in [-0.1, -0.05) is 23.2 Å². The quantitative estimate of drug-likeness (QED) is 0.861. The van der Waals surface area contributed by atoms with Crippen LogP contribution in [0.2, 0.25) is 10.0 Å². The van der Waals surface area contributed by atoms with Gasteiger partial charge in [-0.05, 0) is 32.0 Å². The van der Waals surface area contributed by atoms with Crippen LogP contribution in [0, 0.1) is 0 Å². The molecule has 0 unspecified atom stereocenters. The molecule has 0 aliphatic carbocycles. The molecule has 0 heterocycles. The number of rotatable bonds is 4. The summed E-state index contributed by atoms with van der Waals surface area (Å²) >= 11 is 11.5. The lowest BCUT2D eigenvalue weighted by atomic mass is 10.1. The van der Waals surface area contributed by atoms with Crippen molar-refractivity contribution in [2.24, 2.45) is 0 Å². The third-order valence-corrected chi connectivity index (χ3v) is 4.68. The fraction of sp³-hybridized carbons (Fsp3) is 0.364. The number of hydrogen-bond acceptors (Lipinski definition) is 4. The minimum atomic E-state index is -3.91. The summed E-state index contributed by atoms with van der Waals surface area (Å²) in [5, 5.41) is 0.355. The van der Waals surface area contributed by atoms with E-state index >= 15 is 0 Å². The fourth-order valence-electron chi connectivity index (χ4n) is 1.34. The lowest BCUT2D eigenvalue weighted by molar-refractivity contribution is -0.146. The van der Waals surface area contributed by atoms with Gasteiger partial charge in [0.1, 0.15) is 5.54 Å². The minimum Gasteiger partial charge on any atom is -0.468 e. The molecule has 1 rings (SSSR count). The molecule has 5 nitrogen and oxygen atoms in total. The molecule has 0 amide bonds. The lowest BCUT2D eigenvalue weighted by Crippen LogP contribution is -2.50. The smallest absolute Gasteiger partial charge is 0.326 e. The van der Waals surface area contributed by atoms with Gasteiger partial charge in [-0.3, -0.25) is 4.79 Å². The van der Waals surface area contributed by atoms with Crippen molar-refractivity contribution in [1.29, 1.82) is 0 Å². The average molecular weight is 326 g/mol. The van der Waals surface area contributed by atoms with Gasteiger partial charge >= 0.3 is 5.97 Å². The average Bonchev–Trinajstić information content (AvgIpc) is 2.30. The molecule has 1 N–H and O–H groups in total. The second kappa shape index (κ2) is 5.66.